The molecule has 22 heavy (non-hydrogen) atoms. The average molecular weight is 316 g/mol. The van der Waals surface area contributed by atoms with E-state index < -0.39 is 0 Å². The highest BCUT2D eigenvalue weighted by Gasteiger charge is 2.21. The van der Waals surface area contributed by atoms with Crippen molar-refractivity contribution in [3.05, 3.63) is 46.2 Å². The van der Waals surface area contributed by atoms with E-state index >= 15 is 0 Å². The zero-order valence-corrected chi connectivity index (χ0v) is 13.6. The number of thiazole rings is 1. The van der Waals surface area contributed by atoms with Crippen molar-refractivity contribution in [1.29, 1.82) is 0 Å². The van der Waals surface area contributed by atoms with Gasteiger partial charge in [-0.1, -0.05) is 0 Å². The maximum Gasteiger partial charge on any atom is 0.228 e. The van der Waals surface area contributed by atoms with Gasteiger partial charge in [0.15, 0.2) is 0 Å². The Morgan fingerprint density at radius 1 is 1.23 bits per heavy atom. The Balaban J connectivity index is 1.48. The van der Waals surface area contributed by atoms with Crippen molar-refractivity contribution in [2.24, 2.45) is 0 Å². The minimum absolute atomic E-state index is 0.189. The molecule has 0 aromatic carbocycles. The van der Waals surface area contributed by atoms with Gasteiger partial charge in [0.25, 0.3) is 0 Å². The molecule has 1 amide bonds. The fraction of sp³-hybridized carbons (Fsp3) is 0.438. The monoisotopic (exact) mass is 316 g/mol. The van der Waals surface area contributed by atoms with Crippen LogP contribution in [-0.4, -0.2) is 51.9 Å². The molecule has 0 atom stereocenters. The number of rotatable bonds is 4. The molecule has 0 N–H and O–H groups in total. The van der Waals surface area contributed by atoms with Crippen LogP contribution in [0, 0.1) is 6.92 Å². The fourth-order valence-corrected chi connectivity index (χ4v) is 3.27. The summed E-state index contributed by atoms with van der Waals surface area (Å²) in [5, 5.41) is 3.00. The number of pyridine rings is 1. The summed E-state index contributed by atoms with van der Waals surface area (Å²) < 4.78 is 0. The second-order valence-corrected chi connectivity index (χ2v) is 6.61. The third kappa shape index (κ3) is 3.90. The largest absolute Gasteiger partial charge is 0.340 e. The number of aromatic nitrogens is 2. The topological polar surface area (TPSA) is 49.3 Å². The van der Waals surface area contributed by atoms with Crippen molar-refractivity contribution in [2.75, 3.05) is 26.2 Å². The van der Waals surface area contributed by atoms with Gasteiger partial charge in [-0.15, -0.1) is 11.3 Å². The Hall–Kier alpha value is -1.79. The SMILES string of the molecule is Cc1nc(CC(=O)N2CCN(Cc3ccncc3)CC2)cs1. The van der Waals surface area contributed by atoms with Gasteiger partial charge < -0.3 is 4.90 Å². The minimum atomic E-state index is 0.189. The quantitative estimate of drug-likeness (QED) is 0.862. The highest BCUT2D eigenvalue weighted by molar-refractivity contribution is 7.09. The van der Waals surface area contributed by atoms with Crippen LogP contribution in [0.2, 0.25) is 0 Å². The first kappa shape index (κ1) is 15.1. The highest BCUT2D eigenvalue weighted by Crippen LogP contribution is 2.12. The van der Waals surface area contributed by atoms with Gasteiger partial charge in [-0.2, -0.15) is 0 Å². The van der Waals surface area contributed by atoms with Crippen LogP contribution in [0.1, 0.15) is 16.3 Å². The molecule has 3 heterocycles. The van der Waals surface area contributed by atoms with Crippen molar-refractivity contribution in [1.82, 2.24) is 19.8 Å². The summed E-state index contributed by atoms with van der Waals surface area (Å²) in [6.07, 6.45) is 4.07. The van der Waals surface area contributed by atoms with E-state index in [4.69, 9.17) is 0 Å². The van der Waals surface area contributed by atoms with Gasteiger partial charge in [0.2, 0.25) is 5.91 Å². The summed E-state index contributed by atoms with van der Waals surface area (Å²) in [7, 11) is 0. The second kappa shape index (κ2) is 6.98. The lowest BCUT2D eigenvalue weighted by Crippen LogP contribution is -2.48. The van der Waals surface area contributed by atoms with Gasteiger partial charge in [-0.3, -0.25) is 14.7 Å². The fourth-order valence-electron chi connectivity index (χ4n) is 2.66. The molecule has 1 aliphatic heterocycles. The van der Waals surface area contributed by atoms with Crippen LogP contribution in [0.15, 0.2) is 29.9 Å². The third-order valence-corrected chi connectivity index (χ3v) is 4.70. The molecule has 116 valence electrons. The molecule has 0 saturated carbocycles. The molecule has 0 unspecified atom stereocenters. The summed E-state index contributed by atoms with van der Waals surface area (Å²) in [6, 6.07) is 4.09. The van der Waals surface area contributed by atoms with E-state index in [1.807, 2.05) is 41.7 Å². The summed E-state index contributed by atoms with van der Waals surface area (Å²) in [4.78, 5) is 25.1. The Labute approximate surface area is 134 Å². The molecule has 1 aliphatic rings. The van der Waals surface area contributed by atoms with Gasteiger partial charge in [0.1, 0.15) is 0 Å². The van der Waals surface area contributed by atoms with E-state index in [1.54, 1.807) is 11.3 Å². The molecule has 2 aromatic rings. The summed E-state index contributed by atoms with van der Waals surface area (Å²) in [5.74, 6) is 0.189. The van der Waals surface area contributed by atoms with Crippen molar-refractivity contribution in [2.45, 2.75) is 19.9 Å². The van der Waals surface area contributed by atoms with Crippen LogP contribution >= 0.6 is 11.3 Å². The lowest BCUT2D eigenvalue weighted by molar-refractivity contribution is -0.132. The molecule has 3 rings (SSSR count). The molecule has 6 heteroatoms. The molecule has 0 bridgehead atoms. The maximum absolute atomic E-state index is 12.3. The Morgan fingerprint density at radius 2 is 1.95 bits per heavy atom. The molecule has 0 radical (unpaired) electrons. The van der Waals surface area contributed by atoms with E-state index in [0.717, 1.165) is 43.4 Å². The number of carbonyl (C=O) groups is 1. The van der Waals surface area contributed by atoms with Crippen LogP contribution in [0.3, 0.4) is 0 Å². The van der Waals surface area contributed by atoms with E-state index in [2.05, 4.69) is 14.9 Å². The first-order valence-electron chi connectivity index (χ1n) is 7.51. The molecular weight excluding hydrogens is 296 g/mol. The molecule has 0 spiro atoms. The summed E-state index contributed by atoms with van der Waals surface area (Å²) >= 11 is 1.60. The van der Waals surface area contributed by atoms with E-state index in [0.29, 0.717) is 6.42 Å². The number of nitrogens with zero attached hydrogens (tertiary/aromatic N) is 4. The van der Waals surface area contributed by atoms with E-state index in [1.165, 1.54) is 5.56 Å². The lowest BCUT2D eigenvalue weighted by atomic mass is 10.2. The zero-order valence-electron chi connectivity index (χ0n) is 12.7. The van der Waals surface area contributed by atoms with Crippen LogP contribution in [0.4, 0.5) is 0 Å². The van der Waals surface area contributed by atoms with Crippen molar-refractivity contribution in [3.63, 3.8) is 0 Å². The number of amides is 1. The molecule has 1 saturated heterocycles. The van der Waals surface area contributed by atoms with Crippen LogP contribution in [-0.2, 0) is 17.8 Å². The third-order valence-electron chi connectivity index (χ3n) is 3.88. The highest BCUT2D eigenvalue weighted by atomic mass is 32.1. The first-order valence-corrected chi connectivity index (χ1v) is 8.39. The van der Waals surface area contributed by atoms with Crippen molar-refractivity contribution in [3.8, 4) is 0 Å². The first-order chi connectivity index (χ1) is 10.7. The van der Waals surface area contributed by atoms with E-state index in [-0.39, 0.29) is 5.91 Å². The summed E-state index contributed by atoms with van der Waals surface area (Å²) in [5.41, 5.74) is 2.17. The van der Waals surface area contributed by atoms with Gasteiger partial charge in [0, 0.05) is 50.5 Å². The van der Waals surface area contributed by atoms with Gasteiger partial charge in [0.05, 0.1) is 17.1 Å². The lowest BCUT2D eigenvalue weighted by Gasteiger charge is -2.34. The number of hydrogen-bond donors (Lipinski definition) is 0. The predicted molar refractivity (Wildman–Crippen MR) is 86.6 cm³/mol. The summed E-state index contributed by atoms with van der Waals surface area (Å²) in [6.45, 7) is 6.33. The van der Waals surface area contributed by atoms with Crippen molar-refractivity contribution >= 4 is 17.2 Å². The van der Waals surface area contributed by atoms with Gasteiger partial charge in [-0.25, -0.2) is 4.98 Å². The Kier molecular flexibility index (Phi) is 4.80. The maximum atomic E-state index is 12.3. The number of aryl methyl sites for hydroxylation is 1. The Morgan fingerprint density at radius 3 is 2.59 bits per heavy atom. The normalized spacial score (nSPS) is 16.0. The molecule has 0 aliphatic carbocycles. The van der Waals surface area contributed by atoms with Gasteiger partial charge in [-0.05, 0) is 24.6 Å². The molecule has 1 fully saturated rings. The number of hydrogen-bond acceptors (Lipinski definition) is 5. The standard InChI is InChI=1S/C16H20N4OS/c1-13-18-15(12-22-13)10-16(21)20-8-6-19(7-9-20)11-14-2-4-17-5-3-14/h2-5,12H,6-11H2,1H3. The van der Waals surface area contributed by atoms with Crippen LogP contribution in [0.25, 0.3) is 0 Å². The van der Waals surface area contributed by atoms with E-state index in [9.17, 15) is 4.79 Å². The van der Waals surface area contributed by atoms with Crippen LogP contribution < -0.4 is 0 Å². The van der Waals surface area contributed by atoms with Crippen LogP contribution in [0.5, 0.6) is 0 Å². The Bertz CT molecular complexity index is 620. The zero-order chi connectivity index (χ0) is 15.4. The average Bonchev–Trinajstić information content (AvgIpc) is 2.94. The predicted octanol–water partition coefficient (Wildman–Crippen LogP) is 1.73. The molecular formula is C16H20N4OS. The number of carbonyl (C=O) groups excluding carboxylic acids is 1. The minimum Gasteiger partial charge on any atom is -0.340 e. The smallest absolute Gasteiger partial charge is 0.228 e. The molecule has 5 nitrogen and oxygen atoms in total. The molecule has 2 aromatic heterocycles. The van der Waals surface area contributed by atoms with Gasteiger partial charge >= 0.3 is 0 Å². The number of piperazine rings is 1. The second-order valence-electron chi connectivity index (χ2n) is 5.55. The van der Waals surface area contributed by atoms with Crippen molar-refractivity contribution < 1.29 is 4.79 Å².